The van der Waals surface area contributed by atoms with Crippen LogP contribution in [-0.4, -0.2) is 78.9 Å². The fourth-order valence-corrected chi connectivity index (χ4v) is 11.9. The highest BCUT2D eigenvalue weighted by atomic mass is 35.5. The third kappa shape index (κ3) is 10.2. The molecule has 6 aromatic heterocycles. The SMILES string of the molecule is Cc1c(-c2ccnc(Cl)n2)c2cccnc2n1S(=O)(=O)c1ccccc1.Cc1c(-c2ccnc(NC3CCC(N)CC3)n2)c2cccnc2n1S(=O)(=O)c1ccccc1.NC1CCC(N)CC1. The molecule has 67 heavy (non-hydrogen) atoms. The zero-order valence-corrected chi connectivity index (χ0v) is 39.5. The molecule has 7 N–H and O–H groups in total. The highest BCUT2D eigenvalue weighted by Crippen LogP contribution is 2.37. The minimum atomic E-state index is -3.84. The Bertz CT molecular complexity index is 3200. The van der Waals surface area contributed by atoms with E-state index in [2.05, 4.69) is 30.2 Å². The minimum absolute atomic E-state index is 0.0950. The van der Waals surface area contributed by atoms with Gasteiger partial charge in [0.15, 0.2) is 11.3 Å². The van der Waals surface area contributed by atoms with Gasteiger partial charge in [0, 0.05) is 82.2 Å². The van der Waals surface area contributed by atoms with E-state index in [0.717, 1.165) is 62.3 Å². The van der Waals surface area contributed by atoms with Crippen LogP contribution in [0.15, 0.2) is 132 Å². The third-order valence-electron chi connectivity index (χ3n) is 12.1. The predicted octanol–water partition coefficient (Wildman–Crippen LogP) is 7.63. The van der Waals surface area contributed by atoms with Crippen LogP contribution < -0.4 is 22.5 Å². The Morgan fingerprint density at radius 2 is 0.940 bits per heavy atom. The number of rotatable bonds is 8. The molecule has 2 aromatic carbocycles. The lowest BCUT2D eigenvalue weighted by atomic mass is 9.92. The van der Waals surface area contributed by atoms with E-state index in [0.29, 0.717) is 63.1 Å². The molecule has 8 aromatic rings. The first-order chi connectivity index (χ1) is 32.2. The molecule has 0 amide bonds. The Labute approximate surface area is 395 Å². The quantitative estimate of drug-likeness (QED) is 0.107. The van der Waals surface area contributed by atoms with Crippen LogP contribution in [0.4, 0.5) is 5.95 Å². The van der Waals surface area contributed by atoms with Gasteiger partial charge in [0.25, 0.3) is 20.0 Å². The van der Waals surface area contributed by atoms with Crippen molar-refractivity contribution in [3.8, 4) is 22.5 Å². The second-order valence-electron chi connectivity index (χ2n) is 16.7. The standard InChI is InChI=1S/C24H26N6O2S.C18H13ClN4O2S.C6H14N2/c1-16-22(21-13-15-27-24(29-21)28-18-11-9-17(25)10-12-18)20-8-5-14-26-23(20)30(16)33(31,32)19-6-3-2-4-7-19;1-12-16(15-9-11-21-18(19)22-15)14-8-5-10-20-17(14)23(12)26(24,25)13-6-3-2-4-7-13;7-5-1-2-6(8)4-3-5/h2-8,13-15,17-18H,9-12,25H2,1H3,(H,27,28,29);2-11H,1H3;5-6H,1-4,7-8H2. The Morgan fingerprint density at radius 3 is 1.39 bits per heavy atom. The molecule has 2 aliphatic carbocycles. The first-order valence-electron chi connectivity index (χ1n) is 22.1. The summed E-state index contributed by atoms with van der Waals surface area (Å²) in [4.78, 5) is 26.4. The lowest BCUT2D eigenvalue weighted by Gasteiger charge is -2.26. The van der Waals surface area contributed by atoms with Crippen molar-refractivity contribution in [1.29, 1.82) is 0 Å². The summed E-state index contributed by atoms with van der Waals surface area (Å²) in [5.41, 5.74) is 21.7. The molecule has 0 atom stereocenters. The van der Waals surface area contributed by atoms with Crippen LogP contribution in [0.5, 0.6) is 0 Å². The molecule has 0 bridgehead atoms. The number of halogens is 1. The molecule has 348 valence electrons. The number of anilines is 1. The number of hydrogen-bond donors (Lipinski definition) is 4. The zero-order valence-electron chi connectivity index (χ0n) is 37.2. The van der Waals surface area contributed by atoms with Crippen molar-refractivity contribution in [2.24, 2.45) is 17.2 Å². The van der Waals surface area contributed by atoms with E-state index in [1.54, 1.807) is 117 Å². The van der Waals surface area contributed by atoms with Crippen molar-refractivity contribution < 1.29 is 16.8 Å². The van der Waals surface area contributed by atoms with E-state index in [1.165, 1.54) is 14.1 Å². The minimum Gasteiger partial charge on any atom is -0.351 e. The number of benzene rings is 2. The molecule has 19 heteroatoms. The number of nitrogens with one attached hydrogen (secondary N) is 1. The molecular formula is C48H53ClN12O4S2. The maximum absolute atomic E-state index is 13.5. The van der Waals surface area contributed by atoms with E-state index in [-0.39, 0.29) is 27.2 Å². The summed E-state index contributed by atoms with van der Waals surface area (Å²) in [6.45, 7) is 3.52. The monoisotopic (exact) mass is 960 g/mol. The van der Waals surface area contributed by atoms with E-state index in [1.807, 2.05) is 12.1 Å². The molecule has 2 aliphatic rings. The van der Waals surface area contributed by atoms with Crippen LogP contribution in [0, 0.1) is 13.8 Å². The third-order valence-corrected chi connectivity index (χ3v) is 15.9. The molecule has 0 unspecified atom stereocenters. The molecule has 2 saturated carbocycles. The summed E-state index contributed by atoms with van der Waals surface area (Å²) in [5, 5.41) is 4.92. The highest BCUT2D eigenvalue weighted by molar-refractivity contribution is 7.90. The molecule has 0 aliphatic heterocycles. The van der Waals surface area contributed by atoms with E-state index < -0.39 is 20.0 Å². The Morgan fingerprint density at radius 1 is 0.522 bits per heavy atom. The largest absolute Gasteiger partial charge is 0.351 e. The van der Waals surface area contributed by atoms with Crippen molar-refractivity contribution in [3.05, 3.63) is 139 Å². The molecule has 0 spiro atoms. The van der Waals surface area contributed by atoms with Crippen LogP contribution in [0.2, 0.25) is 5.28 Å². The summed E-state index contributed by atoms with van der Waals surface area (Å²) >= 11 is 5.93. The normalized spacial score (nSPS) is 18.7. The topological polar surface area (TPSA) is 246 Å². The second kappa shape index (κ2) is 20.4. The molecule has 10 rings (SSSR count). The van der Waals surface area contributed by atoms with Gasteiger partial charge in [0.05, 0.1) is 21.2 Å². The van der Waals surface area contributed by atoms with Crippen molar-refractivity contribution >= 4 is 59.7 Å². The van der Waals surface area contributed by atoms with Gasteiger partial charge in [-0.25, -0.2) is 54.7 Å². The maximum Gasteiger partial charge on any atom is 0.269 e. The summed E-state index contributed by atoms with van der Waals surface area (Å²) in [5.74, 6) is 0.531. The molecule has 0 radical (unpaired) electrons. The Balaban J connectivity index is 0.000000159. The van der Waals surface area contributed by atoms with Crippen LogP contribution in [0.25, 0.3) is 44.6 Å². The van der Waals surface area contributed by atoms with Crippen molar-refractivity contribution in [2.75, 3.05) is 5.32 Å². The number of pyridine rings is 2. The predicted molar refractivity (Wildman–Crippen MR) is 262 cm³/mol. The summed E-state index contributed by atoms with van der Waals surface area (Å²) in [6.07, 6.45) is 14.8. The van der Waals surface area contributed by atoms with Gasteiger partial charge in [0.2, 0.25) is 11.2 Å². The number of fused-ring (bicyclic) bond motifs is 2. The van der Waals surface area contributed by atoms with E-state index in [9.17, 15) is 16.8 Å². The van der Waals surface area contributed by atoms with Crippen LogP contribution in [0.1, 0.15) is 62.8 Å². The van der Waals surface area contributed by atoms with Crippen LogP contribution in [0.3, 0.4) is 0 Å². The van der Waals surface area contributed by atoms with Gasteiger partial charge in [-0.1, -0.05) is 36.4 Å². The molecule has 6 heterocycles. The molecule has 2 fully saturated rings. The number of nitrogens with two attached hydrogens (primary N) is 3. The van der Waals surface area contributed by atoms with Crippen LogP contribution in [-0.2, 0) is 20.0 Å². The molecule has 0 saturated heterocycles. The Kier molecular flexibility index (Phi) is 14.4. The van der Waals surface area contributed by atoms with Gasteiger partial charge in [-0.2, -0.15) is 0 Å². The van der Waals surface area contributed by atoms with Gasteiger partial charge in [-0.05, 0) is 137 Å². The van der Waals surface area contributed by atoms with Crippen molar-refractivity contribution in [3.63, 3.8) is 0 Å². The zero-order chi connectivity index (χ0) is 47.3. The van der Waals surface area contributed by atoms with Gasteiger partial charge in [-0.15, -0.1) is 0 Å². The van der Waals surface area contributed by atoms with Gasteiger partial charge in [0.1, 0.15) is 0 Å². The molecular weight excluding hydrogens is 908 g/mol. The van der Waals surface area contributed by atoms with E-state index >= 15 is 0 Å². The first-order valence-corrected chi connectivity index (χ1v) is 25.4. The smallest absolute Gasteiger partial charge is 0.269 e. The summed E-state index contributed by atoms with van der Waals surface area (Å²) < 4.78 is 56.1. The van der Waals surface area contributed by atoms with E-state index in [4.69, 9.17) is 33.8 Å². The average Bonchev–Trinajstić information content (AvgIpc) is 3.82. The molecule has 16 nitrogen and oxygen atoms in total. The number of aromatic nitrogens is 8. The first kappa shape index (κ1) is 47.3. The van der Waals surface area contributed by atoms with Gasteiger partial charge in [-0.3, -0.25) is 0 Å². The fraction of sp³-hybridized carbons (Fsp3) is 0.292. The average molecular weight is 962 g/mol. The fourth-order valence-electron chi connectivity index (χ4n) is 8.68. The second-order valence-corrected chi connectivity index (χ2v) is 20.7. The maximum atomic E-state index is 13.5. The number of nitrogens with zero attached hydrogens (tertiary/aromatic N) is 8. The number of hydrogen-bond acceptors (Lipinski definition) is 14. The summed E-state index contributed by atoms with van der Waals surface area (Å²) in [6, 6.07) is 28.8. The Hall–Kier alpha value is -6.15. The van der Waals surface area contributed by atoms with Gasteiger partial charge >= 0.3 is 0 Å². The lowest BCUT2D eigenvalue weighted by molar-refractivity contribution is 0.395. The highest BCUT2D eigenvalue weighted by Gasteiger charge is 2.29. The van der Waals surface area contributed by atoms with Gasteiger partial charge < -0.3 is 22.5 Å². The van der Waals surface area contributed by atoms with Crippen molar-refractivity contribution in [1.82, 2.24) is 37.8 Å². The van der Waals surface area contributed by atoms with Crippen LogP contribution >= 0.6 is 11.6 Å². The summed E-state index contributed by atoms with van der Waals surface area (Å²) in [7, 11) is -7.65. The lowest BCUT2D eigenvalue weighted by Crippen LogP contribution is -2.33. The van der Waals surface area contributed by atoms with Crippen molar-refractivity contribution in [2.45, 2.75) is 99.2 Å².